The largest absolute Gasteiger partial charge is 0.504 e. The van der Waals surface area contributed by atoms with Crippen molar-refractivity contribution < 1.29 is 9.84 Å². The second kappa shape index (κ2) is 9.05. The summed E-state index contributed by atoms with van der Waals surface area (Å²) in [6, 6.07) is 22.6. The predicted octanol–water partition coefficient (Wildman–Crippen LogP) is 4.29. The van der Waals surface area contributed by atoms with E-state index in [0.717, 1.165) is 16.9 Å². The van der Waals surface area contributed by atoms with Crippen molar-refractivity contribution in [2.24, 2.45) is 10.2 Å². The molecule has 0 radical (unpaired) electrons. The number of hydrogen-bond acceptors (Lipinski definition) is 6. The van der Waals surface area contributed by atoms with Gasteiger partial charge in [-0.3, -0.25) is 10.9 Å². The van der Waals surface area contributed by atoms with Gasteiger partial charge in [0.05, 0.1) is 30.9 Å². The number of para-hydroxylation sites is 2. The minimum atomic E-state index is 0.0179. The summed E-state index contributed by atoms with van der Waals surface area (Å²) in [4.78, 5) is 0. The third-order valence-electron chi connectivity index (χ3n) is 3.70. The van der Waals surface area contributed by atoms with Gasteiger partial charge in [0.15, 0.2) is 11.5 Å². The Morgan fingerprint density at radius 2 is 1.37 bits per heavy atom. The van der Waals surface area contributed by atoms with E-state index in [0.29, 0.717) is 11.3 Å². The second-order valence-corrected chi connectivity index (χ2v) is 5.63. The van der Waals surface area contributed by atoms with Crippen LogP contribution in [0.2, 0.25) is 0 Å². The van der Waals surface area contributed by atoms with Gasteiger partial charge < -0.3 is 9.84 Å². The van der Waals surface area contributed by atoms with Crippen LogP contribution in [0.15, 0.2) is 83.0 Å². The summed E-state index contributed by atoms with van der Waals surface area (Å²) in [5.74, 6) is 0.365. The summed E-state index contributed by atoms with van der Waals surface area (Å²) in [5, 5.41) is 18.7. The number of aromatic hydroxyl groups is 1. The standard InChI is InChI=1S/C21H20N4O2/c1-27-20-13-16(14-22-24-18-8-4-2-5-9-18)12-17(21(20)26)15-23-25-19-10-6-3-7-11-19/h2-15,24-26H,1H3/b22-14-,23-15+. The van der Waals surface area contributed by atoms with Gasteiger partial charge in [-0.25, -0.2) is 0 Å². The minimum absolute atomic E-state index is 0.0179. The van der Waals surface area contributed by atoms with E-state index in [1.807, 2.05) is 60.7 Å². The van der Waals surface area contributed by atoms with E-state index in [9.17, 15) is 5.11 Å². The molecule has 0 aliphatic carbocycles. The van der Waals surface area contributed by atoms with Crippen LogP contribution < -0.4 is 15.6 Å². The maximum atomic E-state index is 10.3. The van der Waals surface area contributed by atoms with Crippen LogP contribution >= 0.6 is 0 Å². The van der Waals surface area contributed by atoms with Gasteiger partial charge in [0.2, 0.25) is 0 Å². The van der Waals surface area contributed by atoms with Crippen LogP contribution in [0, 0.1) is 0 Å². The Hall–Kier alpha value is -3.80. The normalized spacial score (nSPS) is 11.0. The van der Waals surface area contributed by atoms with Crippen LogP contribution in [0.25, 0.3) is 0 Å². The maximum Gasteiger partial charge on any atom is 0.166 e. The van der Waals surface area contributed by atoms with E-state index in [-0.39, 0.29) is 5.75 Å². The zero-order valence-corrected chi connectivity index (χ0v) is 14.8. The molecule has 0 amide bonds. The van der Waals surface area contributed by atoms with Gasteiger partial charge in [-0.05, 0) is 42.0 Å². The highest BCUT2D eigenvalue weighted by Gasteiger charge is 2.08. The lowest BCUT2D eigenvalue weighted by Gasteiger charge is -2.08. The van der Waals surface area contributed by atoms with Crippen molar-refractivity contribution in [1.82, 2.24) is 0 Å². The van der Waals surface area contributed by atoms with Gasteiger partial charge in [0, 0.05) is 5.56 Å². The summed E-state index contributed by atoms with van der Waals surface area (Å²) in [5.41, 5.74) is 8.87. The molecule has 3 rings (SSSR count). The van der Waals surface area contributed by atoms with Gasteiger partial charge in [-0.15, -0.1) is 0 Å². The molecule has 3 aromatic carbocycles. The van der Waals surface area contributed by atoms with Crippen molar-refractivity contribution in [3.8, 4) is 11.5 Å². The smallest absolute Gasteiger partial charge is 0.166 e. The number of hydrogen-bond donors (Lipinski definition) is 3. The zero-order chi connectivity index (χ0) is 18.9. The lowest BCUT2D eigenvalue weighted by atomic mass is 10.1. The van der Waals surface area contributed by atoms with E-state index in [2.05, 4.69) is 21.1 Å². The number of ether oxygens (including phenoxy) is 1. The third-order valence-corrected chi connectivity index (χ3v) is 3.70. The average molecular weight is 360 g/mol. The molecule has 3 aromatic rings. The Kier molecular flexibility index (Phi) is 6.04. The summed E-state index contributed by atoms with van der Waals surface area (Å²) in [6.45, 7) is 0. The molecule has 0 saturated carbocycles. The molecule has 0 spiro atoms. The Morgan fingerprint density at radius 3 is 1.93 bits per heavy atom. The Morgan fingerprint density at radius 1 is 0.815 bits per heavy atom. The van der Waals surface area contributed by atoms with E-state index in [1.54, 1.807) is 18.3 Å². The fourth-order valence-electron chi connectivity index (χ4n) is 2.36. The first-order chi connectivity index (χ1) is 13.3. The number of hydrazone groups is 2. The molecule has 0 aromatic heterocycles. The van der Waals surface area contributed by atoms with E-state index in [4.69, 9.17) is 4.74 Å². The molecule has 0 aliphatic rings. The SMILES string of the molecule is COc1cc(/C=N\Nc2ccccc2)cc(/C=N/Nc2ccccc2)c1O. The molecule has 0 atom stereocenters. The molecule has 0 bridgehead atoms. The zero-order valence-electron chi connectivity index (χ0n) is 14.8. The molecule has 6 nitrogen and oxygen atoms in total. The van der Waals surface area contributed by atoms with E-state index in [1.165, 1.54) is 13.3 Å². The van der Waals surface area contributed by atoms with Crippen LogP contribution in [-0.4, -0.2) is 24.6 Å². The van der Waals surface area contributed by atoms with Gasteiger partial charge in [0.25, 0.3) is 0 Å². The van der Waals surface area contributed by atoms with Gasteiger partial charge >= 0.3 is 0 Å². The van der Waals surface area contributed by atoms with Crippen LogP contribution in [0.4, 0.5) is 11.4 Å². The fraction of sp³-hybridized carbons (Fsp3) is 0.0476. The second-order valence-electron chi connectivity index (χ2n) is 5.63. The van der Waals surface area contributed by atoms with E-state index >= 15 is 0 Å². The summed E-state index contributed by atoms with van der Waals surface area (Å²) in [6.07, 6.45) is 3.18. The van der Waals surface area contributed by atoms with Crippen molar-refractivity contribution in [3.05, 3.63) is 83.9 Å². The number of nitrogens with one attached hydrogen (secondary N) is 2. The van der Waals surface area contributed by atoms with Crippen LogP contribution in [0.3, 0.4) is 0 Å². The number of rotatable bonds is 7. The summed E-state index contributed by atoms with van der Waals surface area (Å²) < 4.78 is 5.24. The number of benzene rings is 3. The number of phenolic OH excluding ortho intramolecular Hbond substituents is 1. The monoisotopic (exact) mass is 360 g/mol. The van der Waals surface area contributed by atoms with Crippen molar-refractivity contribution in [1.29, 1.82) is 0 Å². The summed E-state index contributed by atoms with van der Waals surface area (Å²) in [7, 11) is 1.50. The molecular formula is C21H20N4O2. The maximum absolute atomic E-state index is 10.3. The minimum Gasteiger partial charge on any atom is -0.504 e. The third kappa shape index (κ3) is 5.09. The van der Waals surface area contributed by atoms with Crippen molar-refractivity contribution in [2.75, 3.05) is 18.0 Å². The van der Waals surface area contributed by atoms with Crippen LogP contribution in [0.1, 0.15) is 11.1 Å². The van der Waals surface area contributed by atoms with Gasteiger partial charge in [-0.1, -0.05) is 36.4 Å². The first-order valence-corrected chi connectivity index (χ1v) is 8.35. The van der Waals surface area contributed by atoms with Gasteiger partial charge in [0.1, 0.15) is 0 Å². The van der Waals surface area contributed by atoms with Crippen molar-refractivity contribution >= 4 is 23.8 Å². The van der Waals surface area contributed by atoms with Gasteiger partial charge in [-0.2, -0.15) is 10.2 Å². The molecule has 0 aliphatic heterocycles. The number of methoxy groups -OCH3 is 1. The molecular weight excluding hydrogens is 340 g/mol. The Labute approximate surface area is 157 Å². The fourth-order valence-corrected chi connectivity index (χ4v) is 2.36. The summed E-state index contributed by atoms with van der Waals surface area (Å²) >= 11 is 0. The highest BCUT2D eigenvalue weighted by Crippen LogP contribution is 2.30. The number of nitrogens with zero attached hydrogens (tertiary/aromatic N) is 2. The average Bonchev–Trinajstić information content (AvgIpc) is 2.71. The molecule has 6 heteroatoms. The first kappa shape index (κ1) is 18.0. The molecule has 136 valence electrons. The molecule has 0 fully saturated rings. The number of anilines is 2. The van der Waals surface area contributed by atoms with Crippen LogP contribution in [-0.2, 0) is 0 Å². The van der Waals surface area contributed by atoms with Crippen molar-refractivity contribution in [2.45, 2.75) is 0 Å². The highest BCUT2D eigenvalue weighted by atomic mass is 16.5. The number of phenols is 1. The molecule has 0 saturated heterocycles. The Bertz CT molecular complexity index is 926. The molecule has 3 N–H and O–H groups in total. The first-order valence-electron chi connectivity index (χ1n) is 8.35. The lowest BCUT2D eigenvalue weighted by Crippen LogP contribution is -1.96. The molecule has 27 heavy (non-hydrogen) atoms. The lowest BCUT2D eigenvalue weighted by molar-refractivity contribution is 0.373. The molecule has 0 heterocycles. The highest BCUT2D eigenvalue weighted by molar-refractivity contribution is 5.91. The molecule has 0 unspecified atom stereocenters. The topological polar surface area (TPSA) is 78.2 Å². The van der Waals surface area contributed by atoms with Crippen LogP contribution in [0.5, 0.6) is 11.5 Å². The van der Waals surface area contributed by atoms with Crippen molar-refractivity contribution in [3.63, 3.8) is 0 Å². The predicted molar refractivity (Wildman–Crippen MR) is 110 cm³/mol. The van der Waals surface area contributed by atoms with E-state index < -0.39 is 0 Å². The Balaban J connectivity index is 1.76. The quantitative estimate of drug-likeness (QED) is 0.434.